The highest BCUT2D eigenvalue weighted by Crippen LogP contribution is 2.17. The maximum absolute atomic E-state index is 11.9. The molecular formula is C13H14N2O3. The highest BCUT2D eigenvalue weighted by atomic mass is 16.4. The second kappa shape index (κ2) is 4.60. The highest BCUT2D eigenvalue weighted by molar-refractivity contribution is 5.78. The summed E-state index contributed by atoms with van der Waals surface area (Å²) in [6.07, 6.45) is 0.336. The van der Waals surface area contributed by atoms with Crippen LogP contribution in [0.5, 0.6) is 0 Å². The molecule has 1 unspecified atom stereocenters. The molecule has 1 atom stereocenters. The van der Waals surface area contributed by atoms with Gasteiger partial charge >= 0.3 is 5.97 Å². The van der Waals surface area contributed by atoms with E-state index >= 15 is 0 Å². The largest absolute Gasteiger partial charge is 0.481 e. The summed E-state index contributed by atoms with van der Waals surface area (Å²) in [5, 5.41) is 9.07. The first-order chi connectivity index (χ1) is 8.52. The van der Waals surface area contributed by atoms with Crippen LogP contribution in [0.15, 0.2) is 23.0 Å². The minimum atomic E-state index is -1.03. The van der Waals surface area contributed by atoms with Gasteiger partial charge in [-0.1, -0.05) is 13.0 Å². The third kappa shape index (κ3) is 2.11. The van der Waals surface area contributed by atoms with Gasteiger partial charge in [0, 0.05) is 0 Å². The molecule has 2 aromatic rings. The molecule has 1 aromatic heterocycles. The van der Waals surface area contributed by atoms with Gasteiger partial charge in [-0.15, -0.1) is 0 Å². The summed E-state index contributed by atoms with van der Waals surface area (Å²) in [5.41, 5.74) is 1.89. The van der Waals surface area contributed by atoms with E-state index in [1.807, 2.05) is 19.1 Å². The van der Waals surface area contributed by atoms with E-state index in [0.29, 0.717) is 17.5 Å². The molecule has 0 spiro atoms. The number of carboxylic acid groups (broad SMARTS) is 1. The van der Waals surface area contributed by atoms with Crippen LogP contribution in [0.25, 0.3) is 11.0 Å². The zero-order valence-corrected chi connectivity index (χ0v) is 10.2. The summed E-state index contributed by atoms with van der Waals surface area (Å²) in [7, 11) is 0. The number of H-pyrrole nitrogens is 1. The minimum absolute atomic E-state index is 0.0707. The maximum Gasteiger partial charge on any atom is 0.312 e. The number of aryl methyl sites for hydroxylation is 1. The Bertz CT molecular complexity index is 661. The van der Waals surface area contributed by atoms with Crippen molar-refractivity contribution in [2.24, 2.45) is 0 Å². The summed E-state index contributed by atoms with van der Waals surface area (Å²) in [5.74, 6) is -1.89. The molecule has 0 amide bonds. The lowest BCUT2D eigenvalue weighted by atomic mass is 10.0. The first-order valence-corrected chi connectivity index (χ1v) is 5.76. The Kier molecular flexibility index (Phi) is 3.14. The van der Waals surface area contributed by atoms with E-state index in [9.17, 15) is 9.59 Å². The SMILES string of the molecule is CCC(C(=O)O)c1nc2ccc(C)cc2[nH]c1=O. The fourth-order valence-electron chi connectivity index (χ4n) is 1.94. The number of carbonyl (C=O) groups is 1. The van der Waals surface area contributed by atoms with E-state index < -0.39 is 17.4 Å². The third-order valence-corrected chi connectivity index (χ3v) is 2.91. The quantitative estimate of drug-likeness (QED) is 0.865. The fourth-order valence-corrected chi connectivity index (χ4v) is 1.94. The predicted molar refractivity (Wildman–Crippen MR) is 67.8 cm³/mol. The summed E-state index contributed by atoms with van der Waals surface area (Å²) >= 11 is 0. The van der Waals surface area contributed by atoms with Gasteiger partial charge < -0.3 is 10.1 Å². The normalized spacial score (nSPS) is 12.6. The number of hydrogen-bond donors (Lipinski definition) is 2. The minimum Gasteiger partial charge on any atom is -0.481 e. The van der Waals surface area contributed by atoms with Crippen LogP contribution in [-0.4, -0.2) is 21.0 Å². The van der Waals surface area contributed by atoms with Crippen LogP contribution in [0.1, 0.15) is 30.5 Å². The van der Waals surface area contributed by atoms with Crippen molar-refractivity contribution in [1.29, 1.82) is 0 Å². The summed E-state index contributed by atoms with van der Waals surface area (Å²) in [6, 6.07) is 5.47. The maximum atomic E-state index is 11.9. The van der Waals surface area contributed by atoms with E-state index in [4.69, 9.17) is 5.11 Å². The lowest BCUT2D eigenvalue weighted by Gasteiger charge is -2.09. The lowest BCUT2D eigenvalue weighted by molar-refractivity contribution is -0.139. The molecule has 94 valence electrons. The summed E-state index contributed by atoms with van der Waals surface area (Å²) in [4.78, 5) is 29.8. The Hall–Kier alpha value is -2.17. The number of rotatable bonds is 3. The molecular weight excluding hydrogens is 232 g/mol. The Morgan fingerprint density at radius 3 is 2.83 bits per heavy atom. The van der Waals surface area contributed by atoms with Crippen LogP contribution in [0.4, 0.5) is 0 Å². The van der Waals surface area contributed by atoms with Gasteiger partial charge in [-0.25, -0.2) is 4.98 Å². The number of hydrogen-bond acceptors (Lipinski definition) is 3. The molecule has 0 fully saturated rings. The monoisotopic (exact) mass is 246 g/mol. The number of fused-ring (bicyclic) bond motifs is 1. The molecule has 1 heterocycles. The zero-order chi connectivity index (χ0) is 13.3. The van der Waals surface area contributed by atoms with Crippen molar-refractivity contribution in [3.8, 4) is 0 Å². The molecule has 0 aliphatic carbocycles. The highest BCUT2D eigenvalue weighted by Gasteiger charge is 2.22. The molecule has 0 saturated carbocycles. The van der Waals surface area contributed by atoms with Crippen molar-refractivity contribution in [3.63, 3.8) is 0 Å². The predicted octanol–water partition coefficient (Wildman–Crippen LogP) is 1.81. The molecule has 2 rings (SSSR count). The Morgan fingerprint density at radius 2 is 2.22 bits per heavy atom. The van der Waals surface area contributed by atoms with Crippen LogP contribution >= 0.6 is 0 Å². The average molecular weight is 246 g/mol. The van der Waals surface area contributed by atoms with Gasteiger partial charge in [0.05, 0.1) is 11.0 Å². The zero-order valence-electron chi connectivity index (χ0n) is 10.2. The molecule has 0 aliphatic heterocycles. The second-order valence-electron chi connectivity index (χ2n) is 4.27. The number of nitrogens with one attached hydrogen (secondary N) is 1. The molecule has 18 heavy (non-hydrogen) atoms. The average Bonchev–Trinajstić information content (AvgIpc) is 2.30. The van der Waals surface area contributed by atoms with E-state index in [1.54, 1.807) is 13.0 Å². The van der Waals surface area contributed by atoms with E-state index in [0.717, 1.165) is 5.56 Å². The molecule has 0 aliphatic rings. The molecule has 1 aromatic carbocycles. The number of carboxylic acids is 1. The Morgan fingerprint density at radius 1 is 1.50 bits per heavy atom. The van der Waals surface area contributed by atoms with E-state index in [1.165, 1.54) is 0 Å². The van der Waals surface area contributed by atoms with Crippen LogP contribution in [-0.2, 0) is 4.79 Å². The number of aromatic amines is 1. The van der Waals surface area contributed by atoms with E-state index in [2.05, 4.69) is 9.97 Å². The van der Waals surface area contributed by atoms with Crippen molar-refractivity contribution in [3.05, 3.63) is 39.8 Å². The molecule has 2 N–H and O–H groups in total. The van der Waals surface area contributed by atoms with Crippen LogP contribution in [0.2, 0.25) is 0 Å². The van der Waals surface area contributed by atoms with Gasteiger partial charge in [0.25, 0.3) is 5.56 Å². The van der Waals surface area contributed by atoms with Crippen molar-refractivity contribution in [1.82, 2.24) is 9.97 Å². The van der Waals surface area contributed by atoms with Gasteiger partial charge in [0.2, 0.25) is 0 Å². The summed E-state index contributed by atoms with van der Waals surface area (Å²) in [6.45, 7) is 3.64. The summed E-state index contributed by atoms with van der Waals surface area (Å²) < 4.78 is 0. The number of aromatic nitrogens is 2. The lowest BCUT2D eigenvalue weighted by Crippen LogP contribution is -2.23. The fraction of sp³-hybridized carbons (Fsp3) is 0.308. The Balaban J connectivity index is 2.66. The van der Waals surface area contributed by atoms with Crippen LogP contribution in [0.3, 0.4) is 0 Å². The Labute approximate surface area is 103 Å². The van der Waals surface area contributed by atoms with Crippen LogP contribution < -0.4 is 5.56 Å². The smallest absolute Gasteiger partial charge is 0.312 e. The number of aliphatic carboxylic acids is 1. The third-order valence-electron chi connectivity index (χ3n) is 2.91. The first-order valence-electron chi connectivity index (χ1n) is 5.76. The molecule has 0 bridgehead atoms. The molecule has 5 nitrogen and oxygen atoms in total. The topological polar surface area (TPSA) is 83.0 Å². The van der Waals surface area contributed by atoms with Crippen molar-refractivity contribution in [2.45, 2.75) is 26.2 Å². The molecule has 0 saturated heterocycles. The van der Waals surface area contributed by atoms with Crippen molar-refractivity contribution in [2.75, 3.05) is 0 Å². The van der Waals surface area contributed by atoms with Gasteiger partial charge in [-0.2, -0.15) is 0 Å². The van der Waals surface area contributed by atoms with Crippen LogP contribution in [0, 0.1) is 6.92 Å². The second-order valence-corrected chi connectivity index (χ2v) is 4.27. The van der Waals surface area contributed by atoms with Gasteiger partial charge in [-0.3, -0.25) is 9.59 Å². The van der Waals surface area contributed by atoms with E-state index in [-0.39, 0.29) is 5.69 Å². The molecule has 0 radical (unpaired) electrons. The standard InChI is InChI=1S/C13H14N2O3/c1-3-8(13(17)18)11-12(16)15-10-6-7(2)4-5-9(10)14-11/h4-6,8H,3H2,1-2H3,(H,15,16)(H,17,18). The van der Waals surface area contributed by atoms with Gasteiger partial charge in [-0.05, 0) is 31.0 Å². The van der Waals surface area contributed by atoms with Gasteiger partial charge in [0.1, 0.15) is 11.6 Å². The number of nitrogens with zero attached hydrogens (tertiary/aromatic N) is 1. The molecule has 5 heteroatoms. The van der Waals surface area contributed by atoms with Crippen molar-refractivity contribution < 1.29 is 9.90 Å². The van der Waals surface area contributed by atoms with Crippen molar-refractivity contribution >= 4 is 17.0 Å². The first kappa shape index (κ1) is 12.3. The number of benzene rings is 1. The van der Waals surface area contributed by atoms with Gasteiger partial charge in [0.15, 0.2) is 0 Å².